The van der Waals surface area contributed by atoms with Crippen LogP contribution >= 0.6 is 0 Å². The van der Waals surface area contributed by atoms with Gasteiger partial charge in [0.2, 0.25) is 0 Å². The van der Waals surface area contributed by atoms with Crippen LogP contribution < -0.4 is 5.73 Å². The maximum Gasteiger partial charge on any atom is 0.0393 e. The summed E-state index contributed by atoms with van der Waals surface area (Å²) in [5, 5.41) is 0. The first-order valence-electron chi connectivity index (χ1n) is 4.85. The van der Waals surface area contributed by atoms with Crippen LogP contribution in [0.2, 0.25) is 0 Å². The molecule has 1 aliphatic rings. The monoisotopic (exact) mass is 185 g/mol. The Bertz CT molecular complexity index is 411. The van der Waals surface area contributed by atoms with Crippen molar-refractivity contribution in [3.63, 3.8) is 0 Å². The largest absolute Gasteiger partial charge is 0.398 e. The number of hydrogen-bond donors (Lipinski definition) is 1. The number of hydrogen-bond acceptors (Lipinski definition) is 1. The average molecular weight is 185 g/mol. The summed E-state index contributed by atoms with van der Waals surface area (Å²) in [7, 11) is 0. The highest BCUT2D eigenvalue weighted by Crippen LogP contribution is 2.29. The Morgan fingerprint density at radius 3 is 2.57 bits per heavy atom. The zero-order valence-electron chi connectivity index (χ0n) is 8.62. The van der Waals surface area contributed by atoms with E-state index in [2.05, 4.69) is 44.2 Å². The Kier molecular flexibility index (Phi) is 1.95. The number of anilines is 1. The summed E-state index contributed by atoms with van der Waals surface area (Å²) >= 11 is 0. The van der Waals surface area contributed by atoms with Crippen LogP contribution in [0.1, 0.15) is 25.0 Å². The van der Waals surface area contributed by atoms with Crippen LogP contribution in [-0.2, 0) is 0 Å². The number of fused-ring (bicyclic) bond motifs is 1. The molecule has 2 rings (SSSR count). The lowest BCUT2D eigenvalue weighted by molar-refractivity contribution is 0.633. The number of nitrogen functional groups attached to an aromatic ring is 1. The summed E-state index contributed by atoms with van der Waals surface area (Å²) in [4.78, 5) is 0. The van der Waals surface area contributed by atoms with Crippen LogP contribution in [-0.4, -0.2) is 0 Å². The van der Waals surface area contributed by atoms with E-state index < -0.39 is 0 Å². The molecule has 1 aromatic rings. The third kappa shape index (κ3) is 1.58. The highest BCUT2D eigenvalue weighted by molar-refractivity contribution is 5.76. The van der Waals surface area contributed by atoms with Gasteiger partial charge in [-0.15, -0.1) is 0 Å². The molecule has 1 heteroatoms. The fourth-order valence-corrected chi connectivity index (χ4v) is 1.60. The normalized spacial score (nSPS) is 17.6. The minimum absolute atomic E-state index is 0.117. The van der Waals surface area contributed by atoms with E-state index >= 15 is 0 Å². The molecule has 1 aliphatic carbocycles. The smallest absolute Gasteiger partial charge is 0.0393 e. The molecule has 0 atom stereocenters. The Morgan fingerprint density at radius 2 is 1.79 bits per heavy atom. The molecule has 0 amide bonds. The molecule has 0 aliphatic heterocycles. The highest BCUT2D eigenvalue weighted by Gasteiger charge is 2.13. The fraction of sp³-hybridized carbons (Fsp3) is 0.231. The van der Waals surface area contributed by atoms with Crippen molar-refractivity contribution in [2.45, 2.75) is 13.8 Å². The molecule has 1 aromatic carbocycles. The molecule has 0 unspecified atom stereocenters. The van der Waals surface area contributed by atoms with Crippen molar-refractivity contribution in [3.8, 4) is 0 Å². The minimum atomic E-state index is 0.117. The summed E-state index contributed by atoms with van der Waals surface area (Å²) in [5.41, 5.74) is 9.21. The lowest BCUT2D eigenvalue weighted by atomic mass is 9.93. The molecule has 0 fully saturated rings. The zero-order chi connectivity index (χ0) is 10.2. The van der Waals surface area contributed by atoms with Crippen LogP contribution in [0.4, 0.5) is 5.69 Å². The van der Waals surface area contributed by atoms with Gasteiger partial charge in [-0.2, -0.15) is 0 Å². The van der Waals surface area contributed by atoms with E-state index in [0.717, 1.165) is 11.3 Å². The summed E-state index contributed by atoms with van der Waals surface area (Å²) < 4.78 is 0. The summed E-state index contributed by atoms with van der Waals surface area (Å²) in [6, 6.07) is 6.02. The Hall–Kier alpha value is -1.50. The molecule has 0 bridgehead atoms. The van der Waals surface area contributed by atoms with Crippen LogP contribution in [0.25, 0.3) is 12.2 Å². The molecule has 14 heavy (non-hydrogen) atoms. The van der Waals surface area contributed by atoms with Gasteiger partial charge in [0.15, 0.2) is 0 Å². The van der Waals surface area contributed by atoms with Gasteiger partial charge in [-0.25, -0.2) is 0 Å². The van der Waals surface area contributed by atoms with Gasteiger partial charge in [0.25, 0.3) is 0 Å². The number of nitrogens with two attached hydrogens (primary N) is 1. The first-order chi connectivity index (χ1) is 6.58. The predicted molar refractivity (Wildman–Crippen MR) is 62.7 cm³/mol. The van der Waals surface area contributed by atoms with Crippen LogP contribution in [0.3, 0.4) is 0 Å². The van der Waals surface area contributed by atoms with Crippen molar-refractivity contribution < 1.29 is 0 Å². The van der Waals surface area contributed by atoms with Crippen molar-refractivity contribution in [2.75, 3.05) is 5.73 Å². The lowest BCUT2D eigenvalue weighted by Crippen LogP contribution is -2.00. The SMILES string of the molecule is CC1(C)C=Cc2cccc(N)c2C=C1. The summed E-state index contributed by atoms with van der Waals surface area (Å²) in [5.74, 6) is 0. The van der Waals surface area contributed by atoms with Gasteiger partial charge in [0.1, 0.15) is 0 Å². The van der Waals surface area contributed by atoms with Gasteiger partial charge in [0, 0.05) is 16.7 Å². The fourth-order valence-electron chi connectivity index (χ4n) is 1.60. The quantitative estimate of drug-likeness (QED) is 0.616. The molecule has 0 aromatic heterocycles. The molecule has 0 heterocycles. The van der Waals surface area contributed by atoms with Crippen LogP contribution in [0, 0.1) is 5.41 Å². The van der Waals surface area contributed by atoms with E-state index in [1.165, 1.54) is 5.56 Å². The maximum absolute atomic E-state index is 5.91. The van der Waals surface area contributed by atoms with Crippen molar-refractivity contribution in [1.29, 1.82) is 0 Å². The number of allylic oxidation sites excluding steroid dienone is 2. The standard InChI is InChI=1S/C13H15N/c1-13(2)8-6-10-4-3-5-12(14)11(10)7-9-13/h3-9H,14H2,1-2H3. The van der Waals surface area contributed by atoms with Crippen LogP contribution in [0.5, 0.6) is 0 Å². The minimum Gasteiger partial charge on any atom is -0.398 e. The molecule has 0 saturated heterocycles. The topological polar surface area (TPSA) is 26.0 Å². The summed E-state index contributed by atoms with van der Waals surface area (Å²) in [6.45, 7) is 4.37. The zero-order valence-corrected chi connectivity index (χ0v) is 8.62. The molecule has 0 saturated carbocycles. The highest BCUT2D eigenvalue weighted by atomic mass is 14.6. The lowest BCUT2D eigenvalue weighted by Gasteiger charge is -2.12. The number of benzene rings is 1. The molecule has 0 spiro atoms. The van der Waals surface area contributed by atoms with Crippen molar-refractivity contribution >= 4 is 17.8 Å². The molecular formula is C13H15N. The third-order valence-corrected chi connectivity index (χ3v) is 2.55. The van der Waals surface area contributed by atoms with Gasteiger partial charge in [-0.1, -0.05) is 50.3 Å². The first kappa shape index (κ1) is 9.07. The van der Waals surface area contributed by atoms with Crippen molar-refractivity contribution in [1.82, 2.24) is 0 Å². The first-order valence-corrected chi connectivity index (χ1v) is 4.85. The molecule has 2 N–H and O–H groups in total. The van der Waals surface area contributed by atoms with Gasteiger partial charge >= 0.3 is 0 Å². The maximum atomic E-state index is 5.91. The van der Waals surface area contributed by atoms with E-state index in [0.29, 0.717) is 0 Å². The van der Waals surface area contributed by atoms with Crippen molar-refractivity contribution in [3.05, 3.63) is 41.5 Å². The third-order valence-electron chi connectivity index (χ3n) is 2.55. The number of rotatable bonds is 0. The molecular weight excluding hydrogens is 170 g/mol. The average Bonchev–Trinajstić information content (AvgIpc) is 2.27. The van der Waals surface area contributed by atoms with E-state index in [-0.39, 0.29) is 5.41 Å². The van der Waals surface area contributed by atoms with E-state index in [1.807, 2.05) is 12.1 Å². The second-order valence-electron chi connectivity index (χ2n) is 4.34. The van der Waals surface area contributed by atoms with Crippen molar-refractivity contribution in [2.24, 2.45) is 5.41 Å². The van der Waals surface area contributed by atoms with Gasteiger partial charge in [-0.05, 0) is 11.6 Å². The Labute approximate surface area is 84.9 Å². The second-order valence-corrected chi connectivity index (χ2v) is 4.34. The Balaban J connectivity index is 2.60. The van der Waals surface area contributed by atoms with Gasteiger partial charge < -0.3 is 5.73 Å². The van der Waals surface area contributed by atoms with Crippen LogP contribution in [0.15, 0.2) is 30.4 Å². The van der Waals surface area contributed by atoms with Gasteiger partial charge in [0.05, 0.1) is 0 Å². The second kappa shape index (κ2) is 3.02. The van der Waals surface area contributed by atoms with Gasteiger partial charge in [-0.3, -0.25) is 0 Å². The molecule has 1 nitrogen and oxygen atoms in total. The van der Waals surface area contributed by atoms with E-state index in [1.54, 1.807) is 0 Å². The summed E-state index contributed by atoms with van der Waals surface area (Å²) in [6.07, 6.45) is 8.65. The van der Waals surface area contributed by atoms with E-state index in [9.17, 15) is 0 Å². The molecule has 72 valence electrons. The predicted octanol–water partition coefficient (Wildman–Crippen LogP) is 3.34. The van der Waals surface area contributed by atoms with E-state index in [4.69, 9.17) is 5.73 Å². The molecule has 0 radical (unpaired) electrons. The Morgan fingerprint density at radius 1 is 1.07 bits per heavy atom.